The number of halogens is 4. The molecule has 2 nitrogen and oxygen atoms in total. The average Bonchev–Trinajstić information content (AvgIpc) is 2.24. The van der Waals surface area contributed by atoms with Crippen LogP contribution in [-0.2, 0) is 0 Å². The van der Waals surface area contributed by atoms with Crippen molar-refractivity contribution in [2.75, 3.05) is 12.3 Å². The summed E-state index contributed by atoms with van der Waals surface area (Å²) in [6.07, 6.45) is 0. The first-order chi connectivity index (χ1) is 7.88. The lowest BCUT2D eigenvalue weighted by molar-refractivity contribution is -0.0327. The normalized spacial score (nSPS) is 11.3. The van der Waals surface area contributed by atoms with E-state index in [1.807, 2.05) is 0 Å². The molecule has 0 radical (unpaired) electrons. The number of nitrogens with one attached hydrogen (secondary N) is 1. The van der Waals surface area contributed by atoms with E-state index in [9.17, 15) is 22.4 Å². The lowest BCUT2D eigenvalue weighted by atomic mass is 10.2. The Balaban J connectivity index is 2.33. The number of carbonyl (C=O) groups excluding carboxylic acids is 1. The molecule has 17 heavy (non-hydrogen) atoms. The summed E-state index contributed by atoms with van der Waals surface area (Å²) in [7, 11) is 0. The Morgan fingerprint density at radius 1 is 1.24 bits per heavy atom. The van der Waals surface area contributed by atoms with Gasteiger partial charge >= 0.3 is 5.51 Å². The van der Waals surface area contributed by atoms with Crippen LogP contribution in [0.2, 0.25) is 0 Å². The lowest BCUT2D eigenvalue weighted by Crippen LogP contribution is -2.26. The smallest absolute Gasteiger partial charge is 0.351 e. The highest BCUT2D eigenvalue weighted by atomic mass is 32.2. The highest BCUT2D eigenvalue weighted by molar-refractivity contribution is 8.00. The topological polar surface area (TPSA) is 29.1 Å². The molecule has 0 bridgehead atoms. The Kier molecular flexibility index (Phi) is 4.80. The lowest BCUT2D eigenvalue weighted by Gasteiger charge is -2.07. The minimum Gasteiger partial charge on any atom is -0.351 e. The molecular formula is C10H9F4NOS. The number of thioether (sulfide) groups is 1. The predicted molar refractivity (Wildman–Crippen MR) is 57.2 cm³/mol. The van der Waals surface area contributed by atoms with Gasteiger partial charge in [-0.3, -0.25) is 4.79 Å². The first kappa shape index (κ1) is 13.8. The molecule has 0 saturated heterocycles. The maximum Gasteiger partial charge on any atom is 0.441 e. The Morgan fingerprint density at radius 3 is 2.35 bits per heavy atom. The van der Waals surface area contributed by atoms with E-state index in [1.54, 1.807) is 0 Å². The number of benzene rings is 1. The second-order valence-electron chi connectivity index (χ2n) is 3.06. The molecule has 94 valence electrons. The zero-order chi connectivity index (χ0) is 12.9. The first-order valence-electron chi connectivity index (χ1n) is 4.63. The Hall–Kier alpha value is -1.24. The number of hydrogen-bond acceptors (Lipinski definition) is 2. The fourth-order valence-corrected chi connectivity index (χ4v) is 1.47. The van der Waals surface area contributed by atoms with Crippen LogP contribution in [-0.4, -0.2) is 23.7 Å². The first-order valence-corrected chi connectivity index (χ1v) is 5.61. The van der Waals surface area contributed by atoms with Crippen LogP contribution in [0.4, 0.5) is 17.6 Å². The summed E-state index contributed by atoms with van der Waals surface area (Å²) >= 11 is -0.202. The molecule has 7 heteroatoms. The van der Waals surface area contributed by atoms with Crippen molar-refractivity contribution in [2.24, 2.45) is 0 Å². The highest BCUT2D eigenvalue weighted by Crippen LogP contribution is 2.29. The molecular weight excluding hydrogens is 258 g/mol. The van der Waals surface area contributed by atoms with Gasteiger partial charge in [-0.05, 0) is 36.0 Å². The quantitative estimate of drug-likeness (QED) is 0.671. The zero-order valence-corrected chi connectivity index (χ0v) is 9.37. The van der Waals surface area contributed by atoms with E-state index in [1.165, 1.54) is 12.1 Å². The molecule has 0 spiro atoms. The van der Waals surface area contributed by atoms with Gasteiger partial charge in [0.15, 0.2) is 0 Å². The standard InChI is InChI=1S/C10H9F4NOS/c11-8-3-1-7(2-4-8)9(16)15-5-6-17-10(12,13)14/h1-4H,5-6H2,(H,15,16). The van der Waals surface area contributed by atoms with Crippen molar-refractivity contribution in [2.45, 2.75) is 5.51 Å². The van der Waals surface area contributed by atoms with Gasteiger partial charge in [-0.2, -0.15) is 13.2 Å². The van der Waals surface area contributed by atoms with Crippen molar-refractivity contribution in [3.8, 4) is 0 Å². The summed E-state index contributed by atoms with van der Waals surface area (Å²) in [4.78, 5) is 11.4. The number of amides is 1. The summed E-state index contributed by atoms with van der Waals surface area (Å²) in [5.41, 5.74) is -4.08. The molecule has 1 rings (SSSR count). The molecule has 1 amide bonds. The van der Waals surface area contributed by atoms with E-state index in [0.717, 1.165) is 12.1 Å². The van der Waals surface area contributed by atoms with Gasteiger partial charge in [0.2, 0.25) is 0 Å². The SMILES string of the molecule is O=C(NCCSC(F)(F)F)c1ccc(F)cc1. The maximum atomic E-state index is 12.5. The van der Waals surface area contributed by atoms with E-state index < -0.39 is 17.2 Å². The molecule has 1 aromatic rings. The molecule has 0 aliphatic carbocycles. The van der Waals surface area contributed by atoms with Crippen molar-refractivity contribution in [1.29, 1.82) is 0 Å². The third-order valence-corrected chi connectivity index (χ3v) is 2.50. The van der Waals surface area contributed by atoms with E-state index in [0.29, 0.717) is 0 Å². The molecule has 0 saturated carbocycles. The van der Waals surface area contributed by atoms with Crippen LogP contribution in [0.15, 0.2) is 24.3 Å². The van der Waals surface area contributed by atoms with Crippen molar-refractivity contribution < 1.29 is 22.4 Å². The minimum absolute atomic E-state index is 0.0968. The van der Waals surface area contributed by atoms with E-state index >= 15 is 0 Å². The van der Waals surface area contributed by atoms with Crippen molar-refractivity contribution in [3.63, 3.8) is 0 Å². The van der Waals surface area contributed by atoms with Crippen molar-refractivity contribution >= 4 is 17.7 Å². The van der Waals surface area contributed by atoms with Crippen LogP contribution < -0.4 is 5.32 Å². The molecule has 0 aliphatic rings. The Bertz CT molecular complexity index is 377. The van der Waals surface area contributed by atoms with E-state index in [4.69, 9.17) is 0 Å². The average molecular weight is 267 g/mol. The second kappa shape index (κ2) is 5.90. The minimum atomic E-state index is -4.29. The van der Waals surface area contributed by atoms with E-state index in [-0.39, 0.29) is 29.6 Å². The third kappa shape index (κ3) is 5.58. The fraction of sp³-hybridized carbons (Fsp3) is 0.300. The molecule has 0 aromatic heterocycles. The maximum absolute atomic E-state index is 12.5. The largest absolute Gasteiger partial charge is 0.441 e. The van der Waals surface area contributed by atoms with Gasteiger partial charge in [0.1, 0.15) is 5.82 Å². The van der Waals surface area contributed by atoms with Crippen LogP contribution >= 0.6 is 11.8 Å². The molecule has 0 aliphatic heterocycles. The van der Waals surface area contributed by atoms with Gasteiger partial charge in [0.05, 0.1) is 0 Å². The summed E-state index contributed by atoms with van der Waals surface area (Å²) in [6, 6.07) is 4.75. The molecule has 0 atom stereocenters. The molecule has 1 aromatic carbocycles. The van der Waals surface area contributed by atoms with Gasteiger partial charge in [-0.25, -0.2) is 4.39 Å². The number of carbonyl (C=O) groups is 1. The Morgan fingerprint density at radius 2 is 1.82 bits per heavy atom. The third-order valence-electron chi connectivity index (χ3n) is 1.76. The number of alkyl halides is 3. The summed E-state index contributed by atoms with van der Waals surface area (Å²) < 4.78 is 47.8. The molecule has 0 fully saturated rings. The summed E-state index contributed by atoms with van der Waals surface area (Å²) in [6.45, 7) is -0.0968. The Labute approximate surface area is 99.4 Å². The van der Waals surface area contributed by atoms with Gasteiger partial charge < -0.3 is 5.32 Å². The van der Waals surface area contributed by atoms with Crippen LogP contribution in [0.25, 0.3) is 0 Å². The number of rotatable bonds is 4. The van der Waals surface area contributed by atoms with Gasteiger partial charge in [-0.15, -0.1) is 0 Å². The van der Waals surface area contributed by atoms with Crippen LogP contribution in [0, 0.1) is 5.82 Å². The monoisotopic (exact) mass is 267 g/mol. The predicted octanol–water partition coefficient (Wildman–Crippen LogP) is 2.81. The fourth-order valence-electron chi connectivity index (χ4n) is 1.03. The van der Waals surface area contributed by atoms with E-state index in [2.05, 4.69) is 5.32 Å². The second-order valence-corrected chi connectivity index (χ2v) is 4.22. The molecule has 1 N–H and O–H groups in total. The van der Waals surface area contributed by atoms with Gasteiger partial charge in [-0.1, -0.05) is 0 Å². The highest BCUT2D eigenvalue weighted by Gasteiger charge is 2.27. The van der Waals surface area contributed by atoms with Gasteiger partial charge in [0.25, 0.3) is 5.91 Å². The van der Waals surface area contributed by atoms with Crippen molar-refractivity contribution in [1.82, 2.24) is 5.32 Å². The van der Waals surface area contributed by atoms with Crippen molar-refractivity contribution in [3.05, 3.63) is 35.6 Å². The molecule has 0 heterocycles. The molecule has 0 unspecified atom stereocenters. The summed E-state index contributed by atoms with van der Waals surface area (Å²) in [5, 5.41) is 2.31. The van der Waals surface area contributed by atoms with Crippen LogP contribution in [0.3, 0.4) is 0 Å². The van der Waals surface area contributed by atoms with Gasteiger partial charge in [0, 0.05) is 17.9 Å². The van der Waals surface area contributed by atoms with Crippen LogP contribution in [0.5, 0.6) is 0 Å². The zero-order valence-electron chi connectivity index (χ0n) is 8.55. The van der Waals surface area contributed by atoms with Crippen LogP contribution in [0.1, 0.15) is 10.4 Å². The number of hydrogen-bond donors (Lipinski definition) is 1. The summed E-state index contributed by atoms with van der Waals surface area (Å²) in [5.74, 6) is -1.25.